The number of hydrogen-bond acceptors (Lipinski definition) is 6. The third-order valence-electron chi connectivity index (χ3n) is 3.17. The van der Waals surface area contributed by atoms with E-state index >= 15 is 0 Å². The van der Waals surface area contributed by atoms with Crippen LogP contribution in [-0.2, 0) is 14.4 Å². The van der Waals surface area contributed by atoms with Crippen molar-refractivity contribution >= 4 is 41.3 Å². The predicted molar refractivity (Wildman–Crippen MR) is 74.5 cm³/mol. The number of hydrogen-bond donors (Lipinski definition) is 3. The second kappa shape index (κ2) is 5.66. The number of fused-ring (bicyclic) bond motifs is 1. The Morgan fingerprint density at radius 2 is 2.20 bits per heavy atom. The summed E-state index contributed by atoms with van der Waals surface area (Å²) < 4.78 is -0.430. The summed E-state index contributed by atoms with van der Waals surface area (Å²) in [6.45, 7) is 1.52. The molecule has 0 aromatic heterocycles. The van der Waals surface area contributed by atoms with Crippen LogP contribution in [0.5, 0.6) is 0 Å². The molecule has 2 unspecified atom stereocenters. The van der Waals surface area contributed by atoms with Gasteiger partial charge >= 0.3 is 5.97 Å². The van der Waals surface area contributed by atoms with Crippen molar-refractivity contribution in [1.82, 2.24) is 4.90 Å². The standard InChI is InChI=1S/C11H14N2O5S2/c1-4(14)6-8(16)13-7(10(17)18)11(20-9(6)13)19-3-2-5(12)15/h2-4,6-7,9,11,14H,1H3,(H2,12,15)(H,17,18)/t4-,6+,7?,9-,11?/m1/s1. The molecule has 2 heterocycles. The molecule has 0 saturated carbocycles. The first-order valence-corrected chi connectivity index (χ1v) is 7.73. The maximum Gasteiger partial charge on any atom is 0.328 e. The van der Waals surface area contributed by atoms with E-state index in [4.69, 9.17) is 5.73 Å². The number of carboxylic acids is 1. The minimum Gasteiger partial charge on any atom is -0.480 e. The molecule has 0 aliphatic carbocycles. The summed E-state index contributed by atoms with van der Waals surface area (Å²) in [6, 6.07) is -0.963. The van der Waals surface area contributed by atoms with E-state index < -0.39 is 34.5 Å². The summed E-state index contributed by atoms with van der Waals surface area (Å²) in [6.07, 6.45) is 0.337. The Morgan fingerprint density at radius 3 is 2.70 bits per heavy atom. The Kier molecular flexibility index (Phi) is 4.31. The molecule has 2 fully saturated rings. The molecule has 0 aromatic carbocycles. The van der Waals surface area contributed by atoms with Gasteiger partial charge in [0.05, 0.1) is 22.0 Å². The zero-order valence-corrected chi connectivity index (χ0v) is 12.1. The second-order valence-electron chi connectivity index (χ2n) is 4.53. The lowest BCUT2D eigenvalue weighted by Crippen LogP contribution is -2.64. The molecular formula is C11H14N2O5S2. The van der Waals surface area contributed by atoms with Gasteiger partial charge in [0.2, 0.25) is 11.8 Å². The maximum atomic E-state index is 11.9. The van der Waals surface area contributed by atoms with Gasteiger partial charge in [-0.15, -0.1) is 23.5 Å². The van der Waals surface area contributed by atoms with Gasteiger partial charge in [-0.2, -0.15) is 0 Å². The molecule has 5 atom stereocenters. The van der Waals surface area contributed by atoms with Gasteiger partial charge < -0.3 is 20.8 Å². The number of rotatable bonds is 5. The molecule has 0 bridgehead atoms. The Hall–Kier alpha value is -1.19. The zero-order valence-electron chi connectivity index (χ0n) is 10.5. The largest absolute Gasteiger partial charge is 0.480 e. The number of carbonyl (C=O) groups is 3. The Morgan fingerprint density at radius 1 is 1.55 bits per heavy atom. The normalized spacial score (nSPS) is 33.9. The highest BCUT2D eigenvalue weighted by Gasteiger charge is 2.61. The SMILES string of the molecule is C[C@@H](O)[C@H]1C(=O)N2C(C(=O)O)C(SC=CC(N)=O)S[C@H]12. The number of carboxylic acid groups (broad SMARTS) is 1. The Balaban J connectivity index is 2.12. The van der Waals surface area contributed by atoms with E-state index in [9.17, 15) is 24.6 Å². The van der Waals surface area contributed by atoms with Crippen LogP contribution in [0.4, 0.5) is 0 Å². The fourth-order valence-corrected chi connectivity index (χ4v) is 5.37. The number of aliphatic carboxylic acids is 1. The van der Waals surface area contributed by atoms with E-state index in [1.54, 1.807) is 0 Å². The van der Waals surface area contributed by atoms with Crippen LogP contribution in [0, 0.1) is 5.92 Å². The fourth-order valence-electron chi connectivity index (χ4n) is 2.27. The number of aliphatic hydroxyl groups excluding tert-OH is 1. The minimum absolute atomic E-state index is 0.330. The van der Waals surface area contributed by atoms with Crippen molar-refractivity contribution in [2.24, 2.45) is 11.7 Å². The summed E-state index contributed by atoms with van der Waals surface area (Å²) >= 11 is 2.45. The molecule has 2 saturated heterocycles. The van der Waals surface area contributed by atoms with Crippen molar-refractivity contribution in [1.29, 1.82) is 0 Å². The molecule has 4 N–H and O–H groups in total. The van der Waals surface area contributed by atoms with Crippen molar-refractivity contribution in [2.45, 2.75) is 29.0 Å². The van der Waals surface area contributed by atoms with E-state index in [1.165, 1.54) is 29.0 Å². The number of thioether (sulfide) groups is 2. The molecule has 110 valence electrons. The average molecular weight is 318 g/mol. The molecule has 9 heteroatoms. The van der Waals surface area contributed by atoms with Gasteiger partial charge in [-0.25, -0.2) is 4.79 Å². The predicted octanol–water partition coefficient (Wildman–Crippen LogP) is -0.590. The molecule has 7 nitrogen and oxygen atoms in total. The molecule has 20 heavy (non-hydrogen) atoms. The highest BCUT2D eigenvalue weighted by Crippen LogP contribution is 2.52. The first kappa shape index (κ1) is 15.2. The van der Waals surface area contributed by atoms with Crippen LogP contribution in [-0.4, -0.2) is 55.0 Å². The van der Waals surface area contributed by atoms with E-state index in [0.29, 0.717) is 0 Å². The van der Waals surface area contributed by atoms with Gasteiger partial charge in [-0.05, 0) is 12.3 Å². The second-order valence-corrected chi connectivity index (χ2v) is 7.14. The summed E-state index contributed by atoms with van der Waals surface area (Å²) in [5.74, 6) is -2.62. The van der Waals surface area contributed by atoms with Gasteiger partial charge in [0.15, 0.2) is 6.04 Å². The molecule has 2 aliphatic rings. The van der Waals surface area contributed by atoms with Gasteiger partial charge in [0.25, 0.3) is 0 Å². The number of β-lactam (4-membered cyclic amide) rings is 1. The molecular weight excluding hydrogens is 304 g/mol. The Labute approximate surface area is 123 Å². The number of aliphatic hydroxyl groups is 1. The lowest BCUT2D eigenvalue weighted by molar-refractivity contribution is -0.166. The molecule has 0 aromatic rings. The molecule has 2 amide bonds. The Bertz CT molecular complexity index is 481. The third kappa shape index (κ3) is 2.52. The van der Waals surface area contributed by atoms with Crippen LogP contribution >= 0.6 is 23.5 Å². The number of primary amides is 1. The first-order chi connectivity index (χ1) is 9.34. The number of carbonyl (C=O) groups excluding carboxylic acids is 2. The van der Waals surface area contributed by atoms with Gasteiger partial charge in [-0.3, -0.25) is 9.59 Å². The average Bonchev–Trinajstić information content (AvgIpc) is 2.63. The monoisotopic (exact) mass is 318 g/mol. The van der Waals surface area contributed by atoms with Crippen LogP contribution in [0.1, 0.15) is 6.92 Å². The van der Waals surface area contributed by atoms with Crippen molar-refractivity contribution in [2.75, 3.05) is 0 Å². The van der Waals surface area contributed by atoms with Crippen LogP contribution in [0.3, 0.4) is 0 Å². The first-order valence-electron chi connectivity index (χ1n) is 5.84. The zero-order chi connectivity index (χ0) is 15.0. The van der Waals surface area contributed by atoms with Crippen LogP contribution < -0.4 is 5.73 Å². The number of amides is 2. The van der Waals surface area contributed by atoms with Crippen molar-refractivity contribution in [3.05, 3.63) is 11.5 Å². The van der Waals surface area contributed by atoms with E-state index in [0.717, 1.165) is 17.8 Å². The van der Waals surface area contributed by atoms with Crippen molar-refractivity contribution in [3.8, 4) is 0 Å². The summed E-state index contributed by atoms with van der Waals surface area (Å²) in [7, 11) is 0. The van der Waals surface area contributed by atoms with E-state index in [-0.39, 0.29) is 11.3 Å². The topological polar surface area (TPSA) is 121 Å². The maximum absolute atomic E-state index is 11.9. The summed E-state index contributed by atoms with van der Waals surface area (Å²) in [4.78, 5) is 35.2. The highest BCUT2D eigenvalue weighted by molar-refractivity contribution is 8.19. The van der Waals surface area contributed by atoms with Gasteiger partial charge in [0.1, 0.15) is 0 Å². The lowest BCUT2D eigenvalue weighted by atomic mass is 9.91. The number of nitrogens with two attached hydrogens (primary N) is 1. The van der Waals surface area contributed by atoms with Gasteiger partial charge in [0, 0.05) is 6.08 Å². The van der Waals surface area contributed by atoms with Crippen LogP contribution in [0.2, 0.25) is 0 Å². The molecule has 0 radical (unpaired) electrons. The van der Waals surface area contributed by atoms with Crippen molar-refractivity contribution < 1.29 is 24.6 Å². The van der Waals surface area contributed by atoms with Gasteiger partial charge in [-0.1, -0.05) is 0 Å². The minimum atomic E-state index is -1.10. The summed E-state index contributed by atoms with van der Waals surface area (Å²) in [5, 5.41) is 19.9. The van der Waals surface area contributed by atoms with E-state index in [1.807, 2.05) is 0 Å². The molecule has 0 spiro atoms. The van der Waals surface area contributed by atoms with Crippen LogP contribution in [0.15, 0.2) is 11.5 Å². The quantitative estimate of drug-likeness (QED) is 0.457. The fraction of sp³-hybridized carbons (Fsp3) is 0.545. The van der Waals surface area contributed by atoms with Crippen LogP contribution in [0.25, 0.3) is 0 Å². The lowest BCUT2D eigenvalue weighted by Gasteiger charge is -2.44. The van der Waals surface area contributed by atoms with Crippen molar-refractivity contribution in [3.63, 3.8) is 0 Å². The van der Waals surface area contributed by atoms with E-state index in [2.05, 4.69) is 0 Å². The highest BCUT2D eigenvalue weighted by atomic mass is 32.2. The molecule has 2 rings (SSSR count). The third-order valence-corrected chi connectivity index (χ3v) is 5.98. The molecule has 2 aliphatic heterocycles. The summed E-state index contributed by atoms with van der Waals surface area (Å²) in [5.41, 5.74) is 4.96. The number of nitrogens with zero attached hydrogens (tertiary/aromatic N) is 1. The smallest absolute Gasteiger partial charge is 0.328 e.